The molecule has 2 N–H and O–H groups in total. The Morgan fingerprint density at radius 1 is 0.926 bits per heavy atom. The van der Waals surface area contributed by atoms with Gasteiger partial charge >= 0.3 is 0 Å². The lowest BCUT2D eigenvalue weighted by Gasteiger charge is -2.09. The summed E-state index contributed by atoms with van der Waals surface area (Å²) in [5.41, 5.74) is 1.73. The molecule has 0 aliphatic carbocycles. The van der Waals surface area contributed by atoms with E-state index in [0.717, 1.165) is 4.90 Å². The van der Waals surface area contributed by atoms with Gasteiger partial charge in [0.15, 0.2) is 0 Å². The molecule has 1 aromatic heterocycles. The summed E-state index contributed by atoms with van der Waals surface area (Å²) >= 11 is 7.27. The first-order chi connectivity index (χ1) is 13.1. The smallest absolute Gasteiger partial charge is 0.255 e. The monoisotopic (exact) mass is 397 g/mol. The summed E-state index contributed by atoms with van der Waals surface area (Å²) in [4.78, 5) is 29.2. The van der Waals surface area contributed by atoms with Gasteiger partial charge in [-0.05, 0) is 54.6 Å². The van der Waals surface area contributed by atoms with Crippen molar-refractivity contribution in [1.82, 2.24) is 4.98 Å². The molecule has 0 spiro atoms. The molecule has 1 heterocycles. The van der Waals surface area contributed by atoms with E-state index in [1.54, 1.807) is 60.9 Å². The maximum absolute atomic E-state index is 12.2. The van der Waals surface area contributed by atoms with E-state index in [1.807, 2.05) is 12.1 Å². The Balaban J connectivity index is 1.56. The van der Waals surface area contributed by atoms with Gasteiger partial charge in [0.2, 0.25) is 5.91 Å². The Kier molecular flexibility index (Phi) is 6.46. The predicted octanol–water partition coefficient (Wildman–Crippen LogP) is 4.72. The van der Waals surface area contributed by atoms with E-state index < -0.39 is 0 Å². The fourth-order valence-corrected chi connectivity index (χ4v) is 3.08. The maximum Gasteiger partial charge on any atom is 0.255 e. The number of hydrogen-bond donors (Lipinski definition) is 2. The molecule has 0 bridgehead atoms. The SMILES string of the molecule is O=C(CSc1ccc(Cl)cc1)Nc1cccc(NC(=O)c2ccncc2)c1. The first-order valence-corrected chi connectivity index (χ1v) is 9.46. The molecule has 2 aromatic carbocycles. The normalized spacial score (nSPS) is 10.3. The molecule has 0 atom stereocenters. The number of hydrogen-bond acceptors (Lipinski definition) is 4. The van der Waals surface area contributed by atoms with Crippen LogP contribution in [0.3, 0.4) is 0 Å². The zero-order valence-electron chi connectivity index (χ0n) is 14.2. The molecule has 136 valence electrons. The number of nitrogens with zero attached hydrogens (tertiary/aromatic N) is 1. The molecule has 0 fully saturated rings. The number of benzene rings is 2. The predicted molar refractivity (Wildman–Crippen MR) is 109 cm³/mol. The molecule has 0 unspecified atom stereocenters. The van der Waals surface area contributed by atoms with E-state index in [4.69, 9.17) is 11.6 Å². The number of nitrogens with one attached hydrogen (secondary N) is 2. The highest BCUT2D eigenvalue weighted by Gasteiger charge is 2.08. The molecule has 0 radical (unpaired) electrons. The summed E-state index contributed by atoms with van der Waals surface area (Å²) in [5.74, 6) is -0.0957. The largest absolute Gasteiger partial charge is 0.325 e. The highest BCUT2D eigenvalue weighted by atomic mass is 35.5. The lowest BCUT2D eigenvalue weighted by Crippen LogP contribution is -2.15. The Hall–Kier alpha value is -2.83. The van der Waals surface area contributed by atoms with E-state index in [1.165, 1.54) is 11.8 Å². The third kappa shape index (κ3) is 5.84. The van der Waals surface area contributed by atoms with Crippen molar-refractivity contribution in [3.63, 3.8) is 0 Å². The molecule has 3 rings (SSSR count). The van der Waals surface area contributed by atoms with Crippen molar-refractivity contribution in [2.75, 3.05) is 16.4 Å². The molecule has 0 aliphatic rings. The molecule has 0 saturated heterocycles. The van der Waals surface area contributed by atoms with Crippen LogP contribution in [0.15, 0.2) is 78.0 Å². The molecule has 5 nitrogen and oxygen atoms in total. The molecule has 7 heteroatoms. The van der Waals surface area contributed by atoms with E-state index >= 15 is 0 Å². The highest BCUT2D eigenvalue weighted by Crippen LogP contribution is 2.21. The van der Waals surface area contributed by atoms with Gasteiger partial charge in [-0.1, -0.05) is 17.7 Å². The second-order valence-corrected chi connectivity index (χ2v) is 7.05. The Morgan fingerprint density at radius 2 is 1.59 bits per heavy atom. The van der Waals surface area contributed by atoms with Crippen LogP contribution in [0.2, 0.25) is 5.02 Å². The summed E-state index contributed by atoms with van der Waals surface area (Å²) < 4.78 is 0. The van der Waals surface area contributed by atoms with Crippen molar-refractivity contribution >= 4 is 46.6 Å². The van der Waals surface area contributed by atoms with Crippen LogP contribution in [0.5, 0.6) is 0 Å². The zero-order valence-corrected chi connectivity index (χ0v) is 15.8. The third-order valence-electron chi connectivity index (χ3n) is 3.53. The van der Waals surface area contributed by atoms with Crippen molar-refractivity contribution < 1.29 is 9.59 Å². The number of anilines is 2. The highest BCUT2D eigenvalue weighted by molar-refractivity contribution is 8.00. The van der Waals surface area contributed by atoms with E-state index in [0.29, 0.717) is 22.0 Å². The van der Waals surface area contributed by atoms with Crippen molar-refractivity contribution in [3.05, 3.63) is 83.6 Å². The average molecular weight is 398 g/mol. The fourth-order valence-electron chi connectivity index (χ4n) is 2.26. The van der Waals surface area contributed by atoms with Gasteiger partial charge in [-0.25, -0.2) is 0 Å². The number of carbonyl (C=O) groups is 2. The second-order valence-electron chi connectivity index (χ2n) is 5.56. The van der Waals surface area contributed by atoms with Crippen molar-refractivity contribution in [2.24, 2.45) is 0 Å². The van der Waals surface area contributed by atoms with E-state index in [-0.39, 0.29) is 17.6 Å². The standard InChI is InChI=1S/C20H16ClN3O2S/c21-15-4-6-18(7-5-15)27-13-19(25)23-16-2-1-3-17(12-16)24-20(26)14-8-10-22-11-9-14/h1-12H,13H2,(H,23,25)(H,24,26). The fraction of sp³-hybridized carbons (Fsp3) is 0.0500. The van der Waals surface area contributed by atoms with Crippen LogP contribution < -0.4 is 10.6 Å². The first kappa shape index (κ1) is 18.9. The number of rotatable bonds is 6. The number of aromatic nitrogens is 1. The molecule has 0 saturated carbocycles. The average Bonchev–Trinajstić information content (AvgIpc) is 2.68. The van der Waals surface area contributed by atoms with Gasteiger partial charge in [0.1, 0.15) is 0 Å². The van der Waals surface area contributed by atoms with Crippen molar-refractivity contribution in [2.45, 2.75) is 4.90 Å². The van der Waals surface area contributed by atoms with E-state index in [2.05, 4.69) is 15.6 Å². The second kappa shape index (κ2) is 9.21. The van der Waals surface area contributed by atoms with Gasteiger partial charge in [-0.2, -0.15) is 0 Å². The number of pyridine rings is 1. The summed E-state index contributed by atoms with van der Waals surface area (Å²) in [5, 5.41) is 6.29. The summed E-state index contributed by atoms with van der Waals surface area (Å²) in [6, 6.07) is 17.6. The topological polar surface area (TPSA) is 71.1 Å². The molecule has 0 aliphatic heterocycles. The van der Waals surface area contributed by atoms with Gasteiger partial charge in [-0.15, -0.1) is 11.8 Å². The molecule has 27 heavy (non-hydrogen) atoms. The molecule has 3 aromatic rings. The van der Waals surface area contributed by atoms with Gasteiger partial charge in [0, 0.05) is 39.3 Å². The van der Waals surface area contributed by atoms with Crippen LogP contribution in [0, 0.1) is 0 Å². The Morgan fingerprint density at radius 3 is 2.30 bits per heavy atom. The lowest BCUT2D eigenvalue weighted by atomic mass is 10.2. The third-order valence-corrected chi connectivity index (χ3v) is 4.79. The van der Waals surface area contributed by atoms with Gasteiger partial charge in [-0.3, -0.25) is 14.6 Å². The number of halogens is 1. The number of thioether (sulfide) groups is 1. The zero-order chi connectivity index (χ0) is 19.1. The molecule has 2 amide bonds. The van der Waals surface area contributed by atoms with Crippen LogP contribution in [0.4, 0.5) is 11.4 Å². The Labute approximate surface area is 166 Å². The minimum absolute atomic E-state index is 0.132. The quantitative estimate of drug-likeness (QED) is 0.590. The minimum atomic E-state index is -0.237. The van der Waals surface area contributed by atoms with Crippen molar-refractivity contribution in [1.29, 1.82) is 0 Å². The van der Waals surface area contributed by atoms with Crippen LogP contribution in [0.1, 0.15) is 10.4 Å². The number of carbonyl (C=O) groups excluding carboxylic acids is 2. The minimum Gasteiger partial charge on any atom is -0.325 e. The summed E-state index contributed by atoms with van der Waals surface area (Å²) in [6.45, 7) is 0. The maximum atomic E-state index is 12.2. The summed E-state index contributed by atoms with van der Waals surface area (Å²) in [6.07, 6.45) is 3.12. The van der Waals surface area contributed by atoms with Crippen LogP contribution in [0.25, 0.3) is 0 Å². The molecular formula is C20H16ClN3O2S. The van der Waals surface area contributed by atoms with Gasteiger partial charge < -0.3 is 10.6 Å². The number of amides is 2. The Bertz CT molecular complexity index is 933. The van der Waals surface area contributed by atoms with Crippen LogP contribution >= 0.6 is 23.4 Å². The first-order valence-electron chi connectivity index (χ1n) is 8.10. The van der Waals surface area contributed by atoms with Crippen molar-refractivity contribution in [3.8, 4) is 0 Å². The van der Waals surface area contributed by atoms with Gasteiger partial charge in [0.25, 0.3) is 5.91 Å². The lowest BCUT2D eigenvalue weighted by molar-refractivity contribution is -0.113. The van der Waals surface area contributed by atoms with E-state index in [9.17, 15) is 9.59 Å². The van der Waals surface area contributed by atoms with Crippen LogP contribution in [-0.2, 0) is 4.79 Å². The molecular weight excluding hydrogens is 382 g/mol. The van der Waals surface area contributed by atoms with Gasteiger partial charge in [0.05, 0.1) is 5.75 Å². The summed E-state index contributed by atoms with van der Waals surface area (Å²) in [7, 11) is 0. The van der Waals surface area contributed by atoms with Crippen LogP contribution in [-0.4, -0.2) is 22.6 Å².